The quantitative estimate of drug-likeness (QED) is 0.647. The van der Waals surface area contributed by atoms with Gasteiger partial charge in [-0.25, -0.2) is 9.97 Å². The van der Waals surface area contributed by atoms with E-state index in [9.17, 15) is 0 Å². The van der Waals surface area contributed by atoms with E-state index in [1.54, 1.807) is 11.3 Å². The molecule has 0 aliphatic carbocycles. The summed E-state index contributed by atoms with van der Waals surface area (Å²) in [7, 11) is 0. The van der Waals surface area contributed by atoms with Gasteiger partial charge >= 0.3 is 0 Å². The number of hydrogen-bond donors (Lipinski definition) is 0. The van der Waals surface area contributed by atoms with E-state index in [4.69, 9.17) is 23.2 Å². The Hall–Kier alpha value is -1.10. The van der Waals surface area contributed by atoms with Crippen molar-refractivity contribution in [1.29, 1.82) is 0 Å². The van der Waals surface area contributed by atoms with Crippen molar-refractivity contribution in [3.05, 3.63) is 45.0 Å². The molecule has 0 radical (unpaired) electrons. The molecule has 0 N–H and O–H groups in total. The smallest absolute Gasteiger partial charge is 0.160 e. The minimum absolute atomic E-state index is 0.167. The first kappa shape index (κ1) is 13.9. The van der Waals surface area contributed by atoms with Crippen LogP contribution in [0.25, 0.3) is 11.2 Å². The fourth-order valence-electron chi connectivity index (χ4n) is 2.18. The molecular weight excluding hydrogens is 313 g/mol. The molecule has 0 bridgehead atoms. The lowest BCUT2D eigenvalue weighted by atomic mass is 10.3. The molecule has 104 valence electrons. The number of aromatic nitrogens is 3. The van der Waals surface area contributed by atoms with E-state index >= 15 is 0 Å². The molecule has 0 spiro atoms. The molecule has 0 aliphatic heterocycles. The van der Waals surface area contributed by atoms with Gasteiger partial charge in [-0.1, -0.05) is 11.6 Å². The van der Waals surface area contributed by atoms with Crippen molar-refractivity contribution in [2.24, 2.45) is 0 Å². The molecule has 0 aliphatic rings. The van der Waals surface area contributed by atoms with Gasteiger partial charge in [-0.2, -0.15) is 0 Å². The van der Waals surface area contributed by atoms with Gasteiger partial charge in [0.2, 0.25) is 0 Å². The Bertz CT molecular complexity index is 761. The summed E-state index contributed by atoms with van der Waals surface area (Å²) in [6.45, 7) is 4.62. The largest absolute Gasteiger partial charge is 0.306 e. The van der Waals surface area contributed by atoms with Crippen LogP contribution < -0.4 is 0 Å². The van der Waals surface area contributed by atoms with Crippen LogP contribution in [0.3, 0.4) is 0 Å². The van der Waals surface area contributed by atoms with Crippen molar-refractivity contribution in [3.8, 4) is 0 Å². The summed E-state index contributed by atoms with van der Waals surface area (Å²) in [4.78, 5) is 10.3. The van der Waals surface area contributed by atoms with E-state index < -0.39 is 0 Å². The highest BCUT2D eigenvalue weighted by Crippen LogP contribution is 2.28. The summed E-state index contributed by atoms with van der Waals surface area (Å²) in [6, 6.07) is 5.96. The van der Waals surface area contributed by atoms with Crippen LogP contribution in [0, 0.1) is 6.92 Å². The average Bonchev–Trinajstić information content (AvgIpc) is 2.94. The second kappa shape index (κ2) is 5.35. The molecular formula is C14H13Cl2N3S. The van der Waals surface area contributed by atoms with Gasteiger partial charge in [-0.15, -0.1) is 22.9 Å². The zero-order chi connectivity index (χ0) is 14.3. The first-order valence-corrected chi connectivity index (χ1v) is 7.89. The van der Waals surface area contributed by atoms with E-state index in [1.165, 1.54) is 0 Å². The molecule has 0 saturated heterocycles. The molecule has 0 amide bonds. The zero-order valence-electron chi connectivity index (χ0n) is 11.1. The number of rotatable bonds is 3. The summed E-state index contributed by atoms with van der Waals surface area (Å²) in [5, 5.41) is -0.167. The van der Waals surface area contributed by atoms with Crippen molar-refractivity contribution in [2.45, 2.75) is 25.8 Å². The number of halogens is 2. The summed E-state index contributed by atoms with van der Waals surface area (Å²) in [5.41, 5.74) is 2.84. The fourth-order valence-corrected chi connectivity index (χ4v) is 3.42. The monoisotopic (exact) mass is 325 g/mol. The molecule has 3 rings (SSSR count). The Kier molecular flexibility index (Phi) is 3.71. The zero-order valence-corrected chi connectivity index (χ0v) is 13.4. The molecule has 3 heterocycles. The van der Waals surface area contributed by atoms with Gasteiger partial charge in [-0.05, 0) is 37.6 Å². The summed E-state index contributed by atoms with van der Waals surface area (Å²) in [5.74, 6) is 0.837. The molecule has 3 aromatic rings. The molecule has 3 nitrogen and oxygen atoms in total. The molecule has 1 unspecified atom stereocenters. The maximum absolute atomic E-state index is 6.26. The first-order valence-electron chi connectivity index (χ1n) is 6.25. The van der Waals surface area contributed by atoms with Crippen molar-refractivity contribution in [1.82, 2.24) is 14.5 Å². The lowest BCUT2D eigenvalue weighted by Gasteiger charge is -2.08. The van der Waals surface area contributed by atoms with E-state index in [0.717, 1.165) is 31.8 Å². The Balaban J connectivity index is 2.13. The molecule has 0 saturated carbocycles. The van der Waals surface area contributed by atoms with Gasteiger partial charge in [0.15, 0.2) is 5.65 Å². The van der Waals surface area contributed by atoms with Crippen molar-refractivity contribution < 1.29 is 0 Å². The third-order valence-corrected chi connectivity index (χ3v) is 4.46. The maximum Gasteiger partial charge on any atom is 0.160 e. The predicted octanol–water partition coefficient (Wildman–Crippen LogP) is 4.80. The van der Waals surface area contributed by atoms with E-state index in [2.05, 4.69) is 14.5 Å². The number of aryl methyl sites for hydroxylation is 1. The van der Waals surface area contributed by atoms with Crippen LogP contribution in [-0.4, -0.2) is 14.5 Å². The molecule has 1 atom stereocenters. The fraction of sp³-hybridized carbons (Fsp3) is 0.286. The predicted molar refractivity (Wildman–Crippen MR) is 85.0 cm³/mol. The Morgan fingerprint density at radius 3 is 2.85 bits per heavy atom. The molecule has 3 aromatic heterocycles. The lowest BCUT2D eigenvalue weighted by molar-refractivity contribution is 0.744. The Morgan fingerprint density at radius 1 is 1.40 bits per heavy atom. The second-order valence-electron chi connectivity index (χ2n) is 4.73. The van der Waals surface area contributed by atoms with Crippen LogP contribution in [0.1, 0.15) is 28.6 Å². The number of pyridine rings is 1. The third-order valence-electron chi connectivity index (χ3n) is 3.05. The van der Waals surface area contributed by atoms with Crippen molar-refractivity contribution in [2.75, 3.05) is 0 Å². The van der Waals surface area contributed by atoms with Crippen LogP contribution in [0.5, 0.6) is 0 Å². The number of hydrogen-bond acceptors (Lipinski definition) is 3. The van der Waals surface area contributed by atoms with Crippen molar-refractivity contribution >= 4 is 45.7 Å². The van der Waals surface area contributed by atoms with Gasteiger partial charge in [-0.3, -0.25) is 0 Å². The molecule has 20 heavy (non-hydrogen) atoms. The van der Waals surface area contributed by atoms with Crippen molar-refractivity contribution in [3.63, 3.8) is 0 Å². The van der Waals surface area contributed by atoms with Crippen LogP contribution >= 0.6 is 34.5 Å². The lowest BCUT2D eigenvalue weighted by Crippen LogP contribution is -2.05. The minimum atomic E-state index is -0.167. The number of imidazole rings is 1. The van der Waals surface area contributed by atoms with E-state index in [-0.39, 0.29) is 5.38 Å². The topological polar surface area (TPSA) is 30.7 Å². The van der Waals surface area contributed by atoms with E-state index in [0.29, 0.717) is 6.54 Å². The van der Waals surface area contributed by atoms with Gasteiger partial charge in [0, 0.05) is 11.1 Å². The standard InChI is InChI=1S/C14H13Cl2N3S/c1-8-5-11-14(17-6-8)19(13(18-11)9(2)15)7-10-3-4-12(16)20-10/h3-6,9H,7H2,1-2H3. The van der Waals surface area contributed by atoms with Gasteiger partial charge < -0.3 is 4.57 Å². The summed E-state index contributed by atoms with van der Waals surface area (Å²) < 4.78 is 2.85. The average molecular weight is 326 g/mol. The summed E-state index contributed by atoms with van der Waals surface area (Å²) in [6.07, 6.45) is 1.85. The molecule has 0 aromatic carbocycles. The van der Waals surface area contributed by atoms with Crippen LogP contribution in [0.15, 0.2) is 24.4 Å². The maximum atomic E-state index is 6.26. The van der Waals surface area contributed by atoms with E-state index in [1.807, 2.05) is 38.2 Å². The highest BCUT2D eigenvalue weighted by Gasteiger charge is 2.16. The molecule has 0 fully saturated rings. The summed E-state index contributed by atoms with van der Waals surface area (Å²) >= 11 is 13.8. The van der Waals surface area contributed by atoms with Gasteiger partial charge in [0.05, 0.1) is 16.3 Å². The third kappa shape index (κ3) is 2.55. The minimum Gasteiger partial charge on any atom is -0.306 e. The van der Waals surface area contributed by atoms with Gasteiger partial charge in [0.1, 0.15) is 11.3 Å². The SMILES string of the molecule is Cc1cnc2c(c1)nc(C(C)Cl)n2Cc1ccc(Cl)s1. The second-order valence-corrected chi connectivity index (χ2v) is 7.19. The number of thiophene rings is 1. The van der Waals surface area contributed by atoms with Crippen LogP contribution in [0.4, 0.5) is 0 Å². The van der Waals surface area contributed by atoms with Crippen LogP contribution in [-0.2, 0) is 6.54 Å². The highest BCUT2D eigenvalue weighted by atomic mass is 35.5. The highest BCUT2D eigenvalue weighted by molar-refractivity contribution is 7.16. The first-order chi connectivity index (χ1) is 9.54. The van der Waals surface area contributed by atoms with Crippen LogP contribution in [0.2, 0.25) is 4.34 Å². The molecule has 6 heteroatoms. The Labute approximate surface area is 131 Å². The number of fused-ring (bicyclic) bond motifs is 1. The Morgan fingerprint density at radius 2 is 2.20 bits per heavy atom. The number of alkyl halides is 1. The number of nitrogens with zero attached hydrogens (tertiary/aromatic N) is 3. The van der Waals surface area contributed by atoms with Gasteiger partial charge in [0.25, 0.3) is 0 Å². The normalized spacial score (nSPS) is 13.0.